The largest absolute Gasteiger partial charge is 0.512 e. The number of pyridine rings is 2. The molecule has 6 rings (SSSR count). The zero-order chi connectivity index (χ0) is 39.1. The van der Waals surface area contributed by atoms with Gasteiger partial charge in [0.1, 0.15) is 0 Å². The summed E-state index contributed by atoms with van der Waals surface area (Å²) >= 11 is 0. The Morgan fingerprint density at radius 2 is 1.33 bits per heavy atom. The van der Waals surface area contributed by atoms with E-state index in [4.69, 9.17) is 20.2 Å². The Bertz CT molecular complexity index is 2170. The number of hydrogen-bond donors (Lipinski definition) is 2. The van der Waals surface area contributed by atoms with Crippen LogP contribution in [0.25, 0.3) is 44.3 Å². The average molecular weight is 1090 g/mol. The second-order valence-corrected chi connectivity index (χ2v) is 13.4. The quantitative estimate of drug-likeness (QED) is 0.0979. The molecular weight excluding hydrogens is 1040 g/mol. The van der Waals surface area contributed by atoms with Crippen LogP contribution < -0.4 is 0 Å². The summed E-state index contributed by atoms with van der Waals surface area (Å²) in [6.45, 7) is 16.5. The SMILES string of the molecule is CC(=O)C=C(C)O.CC(=O)C=C(C)O.Cc1[c-]c(-c2ccc3c(CC(C)C)cccc3n2)cc(C)c1.Cc1cc2ccccc2nc1-c1[c-]cccc1.[Ir].[Ir]. The number of hydrogen-bond acceptors (Lipinski definition) is 6. The summed E-state index contributed by atoms with van der Waals surface area (Å²) in [5, 5.41) is 19.2. The second-order valence-electron chi connectivity index (χ2n) is 13.4. The summed E-state index contributed by atoms with van der Waals surface area (Å²) in [5.41, 5.74) is 11.2. The Morgan fingerprint density at radius 3 is 1.87 bits per heavy atom. The molecule has 0 aliphatic rings. The molecule has 2 heterocycles. The summed E-state index contributed by atoms with van der Waals surface area (Å²) in [7, 11) is 0. The zero-order valence-electron chi connectivity index (χ0n) is 32.9. The van der Waals surface area contributed by atoms with Crippen LogP contribution in [-0.4, -0.2) is 31.7 Å². The number of aliphatic hydroxyl groups excluding tert-OH is 2. The Balaban J connectivity index is 0.000000406. The Labute approximate surface area is 353 Å². The van der Waals surface area contributed by atoms with Crippen LogP contribution in [0, 0.1) is 38.8 Å². The second kappa shape index (κ2) is 24.0. The first-order chi connectivity index (χ1) is 25.1. The van der Waals surface area contributed by atoms with E-state index in [0.717, 1.165) is 45.5 Å². The van der Waals surface area contributed by atoms with Crippen LogP contribution in [0.4, 0.5) is 0 Å². The van der Waals surface area contributed by atoms with Gasteiger partial charge in [0.05, 0.1) is 22.6 Å². The summed E-state index contributed by atoms with van der Waals surface area (Å²) in [4.78, 5) is 29.6. The molecule has 2 aromatic heterocycles. The van der Waals surface area contributed by atoms with Crippen molar-refractivity contribution in [2.75, 3.05) is 0 Å². The number of para-hydroxylation sites is 1. The Kier molecular flexibility index (Phi) is 21.2. The van der Waals surface area contributed by atoms with Gasteiger partial charge in [0.25, 0.3) is 0 Å². The van der Waals surface area contributed by atoms with E-state index < -0.39 is 0 Å². The molecule has 0 amide bonds. The normalized spacial score (nSPS) is 10.7. The fourth-order valence-electron chi connectivity index (χ4n) is 5.64. The fourth-order valence-corrected chi connectivity index (χ4v) is 5.64. The minimum Gasteiger partial charge on any atom is -0.512 e. The minimum absolute atomic E-state index is 0. The van der Waals surface area contributed by atoms with Gasteiger partial charge in [-0.15, -0.1) is 70.8 Å². The summed E-state index contributed by atoms with van der Waals surface area (Å²) in [6, 6.07) is 40.0. The molecule has 0 atom stereocenters. The van der Waals surface area contributed by atoms with Gasteiger partial charge in [0.15, 0.2) is 11.6 Å². The van der Waals surface area contributed by atoms with Crippen molar-refractivity contribution in [3.05, 3.63) is 155 Å². The van der Waals surface area contributed by atoms with E-state index >= 15 is 0 Å². The molecule has 0 fully saturated rings. The van der Waals surface area contributed by atoms with Crippen molar-refractivity contribution in [1.29, 1.82) is 0 Å². The molecule has 2 radical (unpaired) electrons. The van der Waals surface area contributed by atoms with Gasteiger partial charge < -0.3 is 10.2 Å². The molecule has 4 aromatic carbocycles. The van der Waals surface area contributed by atoms with Crippen LogP contribution in [0.5, 0.6) is 0 Å². The van der Waals surface area contributed by atoms with Gasteiger partial charge >= 0.3 is 0 Å². The van der Waals surface area contributed by atoms with Crippen molar-refractivity contribution < 1.29 is 60.0 Å². The van der Waals surface area contributed by atoms with Crippen LogP contribution in [0.2, 0.25) is 0 Å². The molecule has 55 heavy (non-hydrogen) atoms. The smallest absolute Gasteiger partial charge is 0.155 e. The molecule has 6 aromatic rings. The van der Waals surface area contributed by atoms with Gasteiger partial charge in [-0.3, -0.25) is 19.6 Å². The molecule has 0 spiro atoms. The van der Waals surface area contributed by atoms with E-state index in [0.29, 0.717) is 5.92 Å². The van der Waals surface area contributed by atoms with Gasteiger partial charge in [-0.1, -0.05) is 81.8 Å². The molecule has 0 saturated carbocycles. The zero-order valence-corrected chi connectivity index (χ0v) is 37.7. The van der Waals surface area contributed by atoms with Crippen molar-refractivity contribution in [1.82, 2.24) is 9.97 Å². The van der Waals surface area contributed by atoms with Gasteiger partial charge in [0.2, 0.25) is 0 Å². The van der Waals surface area contributed by atoms with E-state index in [1.54, 1.807) is 0 Å². The first-order valence-corrected chi connectivity index (χ1v) is 17.6. The molecule has 0 aliphatic carbocycles. The summed E-state index contributed by atoms with van der Waals surface area (Å²) in [6.07, 6.45) is 3.42. The maximum absolute atomic E-state index is 10.0. The third-order valence-electron chi connectivity index (χ3n) is 7.58. The predicted octanol–water partition coefficient (Wildman–Crippen LogP) is 11.6. The van der Waals surface area contributed by atoms with Crippen LogP contribution in [0.3, 0.4) is 0 Å². The molecular formula is C47H50Ir2N2O4-2. The monoisotopic (exact) mass is 1090 g/mol. The van der Waals surface area contributed by atoms with E-state index in [1.807, 2.05) is 42.5 Å². The van der Waals surface area contributed by atoms with Crippen LogP contribution in [0.1, 0.15) is 63.8 Å². The van der Waals surface area contributed by atoms with Crippen molar-refractivity contribution in [3.8, 4) is 22.5 Å². The number of rotatable bonds is 6. The number of allylic oxidation sites excluding steroid dienone is 4. The number of fused-ring (bicyclic) bond motifs is 2. The molecule has 0 unspecified atom stereocenters. The van der Waals surface area contributed by atoms with Crippen molar-refractivity contribution in [3.63, 3.8) is 0 Å². The first-order valence-electron chi connectivity index (χ1n) is 17.6. The van der Waals surface area contributed by atoms with E-state index in [9.17, 15) is 9.59 Å². The number of ketones is 2. The molecule has 0 saturated heterocycles. The Hall–Kier alpha value is -4.58. The van der Waals surface area contributed by atoms with Crippen LogP contribution >= 0.6 is 0 Å². The average Bonchev–Trinajstić information content (AvgIpc) is 3.07. The number of carbonyl (C=O) groups is 2. The maximum atomic E-state index is 10.0. The van der Waals surface area contributed by atoms with Gasteiger partial charge in [0, 0.05) is 57.7 Å². The molecule has 292 valence electrons. The summed E-state index contributed by atoms with van der Waals surface area (Å²) < 4.78 is 0. The molecule has 2 N–H and O–H groups in total. The molecule has 0 bridgehead atoms. The van der Waals surface area contributed by atoms with Crippen LogP contribution in [-0.2, 0) is 56.2 Å². The standard InChI is InChI=1S/C21H22N.C16H12N.2C5H8O2.2Ir/c1-14(2)10-17-6-5-7-21-19(17)8-9-20(22-21)18-12-15(3)11-16(4)13-18;1-12-11-14-9-5-6-10-15(14)17-16(12)13-7-3-2-4-8-13;2*1-4(6)3-5(2)7;;/h5-9,11-12,14H,10H2,1-4H3;2-7,9-11H,1H3;2*3,6H,1-2H3;;/q2*-1;;;;. The Morgan fingerprint density at radius 1 is 0.709 bits per heavy atom. The van der Waals surface area contributed by atoms with E-state index in [2.05, 4.69) is 101 Å². The predicted molar refractivity (Wildman–Crippen MR) is 219 cm³/mol. The number of aromatic nitrogens is 2. The van der Waals surface area contributed by atoms with Crippen LogP contribution in [0.15, 0.2) is 121 Å². The first kappa shape index (κ1) is 48.4. The van der Waals surface area contributed by atoms with Gasteiger partial charge in [-0.05, 0) is 81.4 Å². The van der Waals surface area contributed by atoms with Crippen molar-refractivity contribution in [2.24, 2.45) is 5.92 Å². The topological polar surface area (TPSA) is 100 Å². The third-order valence-corrected chi connectivity index (χ3v) is 7.58. The van der Waals surface area contributed by atoms with Crippen molar-refractivity contribution in [2.45, 2.75) is 68.7 Å². The van der Waals surface area contributed by atoms with Crippen molar-refractivity contribution >= 4 is 33.4 Å². The number of aliphatic hydroxyl groups is 2. The molecule has 8 heteroatoms. The third kappa shape index (κ3) is 16.8. The fraction of sp³-hybridized carbons (Fsp3) is 0.234. The molecule has 0 aliphatic heterocycles. The number of carbonyl (C=O) groups excluding carboxylic acids is 2. The van der Waals surface area contributed by atoms with E-state index in [-0.39, 0.29) is 63.3 Å². The maximum Gasteiger partial charge on any atom is 0.155 e. The number of aryl methyl sites for hydroxylation is 3. The number of nitrogens with zero attached hydrogens (tertiary/aromatic N) is 2. The van der Waals surface area contributed by atoms with Gasteiger partial charge in [-0.25, -0.2) is 0 Å². The van der Waals surface area contributed by atoms with Gasteiger partial charge in [-0.2, -0.15) is 0 Å². The minimum atomic E-state index is -0.125. The van der Waals surface area contributed by atoms with E-state index in [1.165, 1.54) is 67.3 Å². The summed E-state index contributed by atoms with van der Waals surface area (Å²) in [5.74, 6) is 0.526. The molecule has 6 nitrogen and oxygen atoms in total. The number of benzene rings is 4.